The molecular weight excluding hydrogens is 294 g/mol. The first-order valence-electron chi connectivity index (χ1n) is 6.03. The molecule has 108 valence electrons. The van der Waals surface area contributed by atoms with Gasteiger partial charge in [0.2, 0.25) is 0 Å². The van der Waals surface area contributed by atoms with Gasteiger partial charge in [0.05, 0.1) is 24.0 Å². The third-order valence-corrected chi connectivity index (χ3v) is 2.73. The highest BCUT2D eigenvalue weighted by Gasteiger charge is 2.05. The number of hydrogen-bond donors (Lipinski definition) is 3. The Bertz CT molecular complexity index is 659. The summed E-state index contributed by atoms with van der Waals surface area (Å²) in [5.74, 6) is -0.957. The number of carboxylic acid groups (broad SMARTS) is 1. The lowest BCUT2D eigenvalue weighted by Crippen LogP contribution is -2.19. The maximum absolute atomic E-state index is 11.8. The quantitative estimate of drug-likeness (QED) is 0.809. The molecule has 0 radical (unpaired) electrons. The lowest BCUT2D eigenvalue weighted by molar-refractivity contribution is -0.136. The molecule has 0 saturated heterocycles. The van der Waals surface area contributed by atoms with E-state index in [1.807, 2.05) is 0 Å². The minimum atomic E-state index is -0.957. The Morgan fingerprint density at radius 1 is 1.14 bits per heavy atom. The first kappa shape index (κ1) is 14.8. The third kappa shape index (κ3) is 4.77. The van der Waals surface area contributed by atoms with Crippen LogP contribution in [0.15, 0.2) is 42.6 Å². The Morgan fingerprint density at radius 3 is 2.52 bits per heavy atom. The van der Waals surface area contributed by atoms with Crippen molar-refractivity contribution < 1.29 is 14.7 Å². The molecule has 1 aromatic heterocycles. The van der Waals surface area contributed by atoms with Gasteiger partial charge in [-0.15, -0.1) is 0 Å². The van der Waals surface area contributed by atoms with Gasteiger partial charge in [-0.1, -0.05) is 17.7 Å². The normalized spacial score (nSPS) is 9.95. The van der Waals surface area contributed by atoms with Gasteiger partial charge in [-0.2, -0.15) is 0 Å². The Labute approximate surface area is 125 Å². The molecule has 0 spiro atoms. The SMILES string of the molecule is O=C(O)Cc1ccc(NC(=O)Nc2cccc(Cl)c2)cn1. The van der Waals surface area contributed by atoms with E-state index in [-0.39, 0.29) is 6.42 Å². The summed E-state index contributed by atoms with van der Waals surface area (Å²) >= 11 is 5.82. The van der Waals surface area contributed by atoms with Crippen molar-refractivity contribution in [2.24, 2.45) is 0 Å². The number of urea groups is 1. The van der Waals surface area contributed by atoms with Gasteiger partial charge in [0, 0.05) is 10.7 Å². The molecule has 0 bridgehead atoms. The molecule has 6 nitrogen and oxygen atoms in total. The molecule has 2 amide bonds. The zero-order valence-corrected chi connectivity index (χ0v) is 11.6. The predicted molar refractivity (Wildman–Crippen MR) is 79.7 cm³/mol. The van der Waals surface area contributed by atoms with E-state index in [4.69, 9.17) is 16.7 Å². The van der Waals surface area contributed by atoms with Crippen molar-refractivity contribution >= 4 is 35.0 Å². The number of aromatic nitrogens is 1. The number of amides is 2. The van der Waals surface area contributed by atoms with E-state index in [9.17, 15) is 9.59 Å². The highest BCUT2D eigenvalue weighted by Crippen LogP contribution is 2.15. The molecule has 1 heterocycles. The van der Waals surface area contributed by atoms with Crippen LogP contribution < -0.4 is 10.6 Å². The van der Waals surface area contributed by atoms with E-state index < -0.39 is 12.0 Å². The summed E-state index contributed by atoms with van der Waals surface area (Å²) < 4.78 is 0. The van der Waals surface area contributed by atoms with E-state index in [1.165, 1.54) is 6.20 Å². The number of hydrogen-bond acceptors (Lipinski definition) is 3. The molecule has 0 atom stereocenters. The second-order valence-corrected chi connectivity index (χ2v) is 4.63. The average molecular weight is 306 g/mol. The number of halogens is 1. The fourth-order valence-electron chi connectivity index (χ4n) is 1.62. The number of anilines is 2. The Hall–Kier alpha value is -2.60. The summed E-state index contributed by atoms with van der Waals surface area (Å²) in [6.45, 7) is 0. The van der Waals surface area contributed by atoms with Gasteiger partial charge >= 0.3 is 12.0 Å². The monoisotopic (exact) mass is 305 g/mol. The van der Waals surface area contributed by atoms with Gasteiger partial charge in [0.15, 0.2) is 0 Å². The van der Waals surface area contributed by atoms with Gasteiger partial charge in [-0.05, 0) is 30.3 Å². The van der Waals surface area contributed by atoms with Crippen LogP contribution in [0.1, 0.15) is 5.69 Å². The molecule has 0 aliphatic heterocycles. The van der Waals surface area contributed by atoms with Crippen molar-refractivity contribution in [3.05, 3.63) is 53.3 Å². The molecule has 2 aromatic rings. The fourth-order valence-corrected chi connectivity index (χ4v) is 1.81. The molecule has 0 saturated carbocycles. The van der Waals surface area contributed by atoms with Gasteiger partial charge in [-0.3, -0.25) is 9.78 Å². The van der Waals surface area contributed by atoms with Crippen molar-refractivity contribution in [3.63, 3.8) is 0 Å². The van der Waals surface area contributed by atoms with Crippen LogP contribution in [0.3, 0.4) is 0 Å². The number of aliphatic carboxylic acids is 1. The Kier molecular flexibility index (Phi) is 4.73. The van der Waals surface area contributed by atoms with Crippen LogP contribution in [0, 0.1) is 0 Å². The smallest absolute Gasteiger partial charge is 0.323 e. The van der Waals surface area contributed by atoms with Crippen LogP contribution >= 0.6 is 11.6 Å². The minimum absolute atomic E-state index is 0.158. The zero-order chi connectivity index (χ0) is 15.2. The van der Waals surface area contributed by atoms with E-state index in [0.29, 0.717) is 22.1 Å². The van der Waals surface area contributed by atoms with Crippen LogP contribution in [0.2, 0.25) is 5.02 Å². The summed E-state index contributed by atoms with van der Waals surface area (Å²) in [7, 11) is 0. The van der Waals surface area contributed by atoms with E-state index in [0.717, 1.165) is 0 Å². The molecule has 0 fully saturated rings. The van der Waals surface area contributed by atoms with Crippen molar-refractivity contribution in [1.82, 2.24) is 4.98 Å². The lowest BCUT2D eigenvalue weighted by Gasteiger charge is -2.08. The number of carbonyl (C=O) groups is 2. The molecule has 0 aliphatic rings. The molecule has 1 aromatic carbocycles. The summed E-state index contributed by atoms with van der Waals surface area (Å²) in [5, 5.41) is 14.4. The lowest BCUT2D eigenvalue weighted by atomic mass is 10.2. The van der Waals surface area contributed by atoms with Crippen molar-refractivity contribution in [1.29, 1.82) is 0 Å². The van der Waals surface area contributed by atoms with Crippen LogP contribution in [0.25, 0.3) is 0 Å². The number of benzene rings is 1. The summed E-state index contributed by atoms with van der Waals surface area (Å²) in [6, 6.07) is 9.45. The number of carbonyl (C=O) groups excluding carboxylic acids is 1. The standard InChI is InChI=1S/C14H12ClN3O3/c15-9-2-1-3-11(6-9)17-14(21)18-12-5-4-10(16-8-12)7-13(19)20/h1-6,8H,7H2,(H,19,20)(H2,17,18,21). The van der Waals surface area contributed by atoms with E-state index >= 15 is 0 Å². The van der Waals surface area contributed by atoms with Crippen LogP contribution in [0.5, 0.6) is 0 Å². The molecule has 0 aliphatic carbocycles. The number of pyridine rings is 1. The number of nitrogens with zero attached hydrogens (tertiary/aromatic N) is 1. The largest absolute Gasteiger partial charge is 0.481 e. The maximum Gasteiger partial charge on any atom is 0.323 e. The maximum atomic E-state index is 11.8. The topological polar surface area (TPSA) is 91.3 Å². The predicted octanol–water partition coefficient (Wildman–Crippen LogP) is 3.01. The fraction of sp³-hybridized carbons (Fsp3) is 0.0714. The van der Waals surface area contributed by atoms with Crippen molar-refractivity contribution in [2.75, 3.05) is 10.6 Å². The van der Waals surface area contributed by atoms with Gasteiger partial charge in [0.1, 0.15) is 0 Å². The highest BCUT2D eigenvalue weighted by molar-refractivity contribution is 6.30. The molecular formula is C14H12ClN3O3. The van der Waals surface area contributed by atoms with Crippen LogP contribution in [-0.4, -0.2) is 22.1 Å². The summed E-state index contributed by atoms with van der Waals surface area (Å²) in [5.41, 5.74) is 1.45. The van der Waals surface area contributed by atoms with Gasteiger partial charge in [-0.25, -0.2) is 4.79 Å². The molecule has 2 rings (SSSR count). The van der Waals surface area contributed by atoms with Crippen molar-refractivity contribution in [3.8, 4) is 0 Å². The third-order valence-electron chi connectivity index (χ3n) is 2.50. The Morgan fingerprint density at radius 2 is 1.90 bits per heavy atom. The molecule has 7 heteroatoms. The van der Waals surface area contributed by atoms with Gasteiger partial charge < -0.3 is 15.7 Å². The van der Waals surface area contributed by atoms with Crippen molar-refractivity contribution in [2.45, 2.75) is 6.42 Å². The second-order valence-electron chi connectivity index (χ2n) is 4.20. The summed E-state index contributed by atoms with van der Waals surface area (Å²) in [6.07, 6.45) is 1.24. The van der Waals surface area contributed by atoms with Crippen LogP contribution in [0.4, 0.5) is 16.2 Å². The number of carboxylic acids is 1. The molecule has 0 unspecified atom stereocenters. The first-order chi connectivity index (χ1) is 10.0. The number of nitrogens with one attached hydrogen (secondary N) is 2. The average Bonchev–Trinajstić information content (AvgIpc) is 2.40. The minimum Gasteiger partial charge on any atom is -0.481 e. The van der Waals surface area contributed by atoms with E-state index in [2.05, 4.69) is 15.6 Å². The van der Waals surface area contributed by atoms with E-state index in [1.54, 1.807) is 36.4 Å². The molecule has 21 heavy (non-hydrogen) atoms. The summed E-state index contributed by atoms with van der Waals surface area (Å²) in [4.78, 5) is 26.2. The van der Waals surface area contributed by atoms with Crippen LogP contribution in [-0.2, 0) is 11.2 Å². The number of rotatable bonds is 4. The molecule has 3 N–H and O–H groups in total. The highest BCUT2D eigenvalue weighted by atomic mass is 35.5. The van der Waals surface area contributed by atoms with Gasteiger partial charge in [0.25, 0.3) is 0 Å². The Balaban J connectivity index is 1.95. The first-order valence-corrected chi connectivity index (χ1v) is 6.41. The zero-order valence-electron chi connectivity index (χ0n) is 10.8. The second kappa shape index (κ2) is 6.71.